The molecule has 610 valence electrons. The summed E-state index contributed by atoms with van der Waals surface area (Å²) in [4.78, 5) is 59.5. The molecule has 21 heteroatoms. The van der Waals surface area contributed by atoms with Crippen LogP contribution in [0.15, 0.2) is 243 Å². The summed E-state index contributed by atoms with van der Waals surface area (Å²) in [6.07, 6.45) is 3.96. The molecule has 0 saturated carbocycles. The number of hydrogen-bond donors (Lipinski definition) is 10. The van der Waals surface area contributed by atoms with Gasteiger partial charge in [0.15, 0.2) is 0 Å². The molecule has 0 spiro atoms. The highest BCUT2D eigenvalue weighted by Crippen LogP contribution is 2.44. The standard InChI is InChI=1S/C23H22N2O2.C20H18N4O.C20H24N2O.C19H16FN3O.C18H17N3O/c1-16-14-22(26)25-21-9-5-8-20(23(21)24-16)18-10-12-19(13-11-18)27-15-17-6-3-2-4-7-17;1-12-8-19(25)23-16-5-3-4-15(20(16)22-12)18-10-14-7-6-13(11-21)9-17(14)24(18)2;1-13-12-18(23)22-17-7-5-6-16(19(17)21-13)14-8-10-15(11-9-14)20(2,3)4;1-12-9-18(24)23-17-4-2-3-15(19(17)22-12)16(20)10-13-5-7-14(11-21)8-6-13;1-12-10-17(22)21-16-7-3-6-15(18(16)20-12)14-5-2-4-13(11-14)8-9-19/h2-13,16,24H,14-15H2,1H3,(H,25,26);3-7,9-10,12,22H,8H2,1-2H3,(H,23,25);5-11,13,21H,12H2,1-4H3,(H,22,23);2-8,10,12,22H,9H2,1H3,(H,23,24);2-7,11-12,20H,8,10H2,1H3,(H,21,22)/b;;;16-10-;/t16-;12-;13-;2*12-/m11111/s1. The van der Waals surface area contributed by atoms with Gasteiger partial charge in [0.05, 0.1) is 98.3 Å². The van der Waals surface area contributed by atoms with Gasteiger partial charge in [0.2, 0.25) is 29.5 Å². The molecule has 11 aromatic carbocycles. The van der Waals surface area contributed by atoms with Crippen molar-refractivity contribution in [3.63, 3.8) is 0 Å². The van der Waals surface area contributed by atoms with Crippen LogP contribution in [0.25, 0.3) is 67.4 Å². The zero-order chi connectivity index (χ0) is 85.4. The Morgan fingerprint density at radius 2 is 0.835 bits per heavy atom. The second-order valence-corrected chi connectivity index (χ2v) is 32.0. The predicted molar refractivity (Wildman–Crippen MR) is 486 cm³/mol. The smallest absolute Gasteiger partial charge is 0.226 e. The van der Waals surface area contributed by atoms with Gasteiger partial charge in [-0.05, 0) is 164 Å². The fourth-order valence-electron chi connectivity index (χ4n) is 15.2. The van der Waals surface area contributed by atoms with Crippen molar-refractivity contribution in [2.75, 3.05) is 53.2 Å². The van der Waals surface area contributed by atoms with E-state index in [4.69, 9.17) is 20.5 Å². The van der Waals surface area contributed by atoms with Crippen molar-refractivity contribution < 1.29 is 33.1 Å². The van der Waals surface area contributed by atoms with Gasteiger partial charge in [0, 0.05) is 108 Å². The van der Waals surface area contributed by atoms with Gasteiger partial charge in [0.1, 0.15) is 18.2 Å². The lowest BCUT2D eigenvalue weighted by Gasteiger charge is -2.20. The number of anilines is 10. The topological polar surface area (TPSA) is 291 Å². The van der Waals surface area contributed by atoms with Crippen molar-refractivity contribution in [1.29, 1.82) is 15.8 Å². The van der Waals surface area contributed by atoms with Crippen molar-refractivity contribution in [3.8, 4) is 68.6 Å². The minimum Gasteiger partial charge on any atom is -0.489 e. The van der Waals surface area contributed by atoms with Crippen LogP contribution in [0.5, 0.6) is 5.75 Å². The number of amides is 5. The van der Waals surface area contributed by atoms with E-state index < -0.39 is 5.83 Å². The monoisotopic (exact) mass is 1610 g/mol. The van der Waals surface area contributed by atoms with E-state index in [1.54, 1.807) is 42.5 Å². The largest absolute Gasteiger partial charge is 0.489 e. The first kappa shape index (κ1) is 84.2. The molecule has 121 heavy (non-hydrogen) atoms. The Morgan fingerprint density at radius 1 is 0.430 bits per heavy atom. The summed E-state index contributed by atoms with van der Waals surface area (Å²) in [6.45, 7) is 17.1. The molecule has 12 aromatic rings. The molecule has 10 N–H and O–H groups in total. The predicted octanol–water partition coefficient (Wildman–Crippen LogP) is 21.5. The van der Waals surface area contributed by atoms with E-state index in [1.807, 2.05) is 175 Å². The Morgan fingerprint density at radius 3 is 1.30 bits per heavy atom. The summed E-state index contributed by atoms with van der Waals surface area (Å²) in [5.74, 6) is 0.467. The summed E-state index contributed by atoms with van der Waals surface area (Å²) in [7, 11) is 2.00. The number of halogens is 1. The maximum atomic E-state index is 14.8. The number of nitriles is 3. The molecule has 0 unspecified atom stereocenters. The number of ether oxygens (including phenoxy) is 1. The number of aryl methyl sites for hydroxylation is 1. The van der Waals surface area contributed by atoms with E-state index in [1.165, 1.54) is 11.6 Å². The number of fused-ring (bicyclic) bond motifs is 6. The molecule has 17 rings (SSSR count). The van der Waals surface area contributed by atoms with E-state index in [-0.39, 0.29) is 65.2 Å². The van der Waals surface area contributed by atoms with Gasteiger partial charge < -0.3 is 62.5 Å². The van der Waals surface area contributed by atoms with E-state index in [2.05, 4.69) is 163 Å². The second kappa shape index (κ2) is 38.1. The molecule has 0 saturated heterocycles. The number of carbonyl (C=O) groups excluding carboxylic acids is 5. The Balaban J connectivity index is 0.000000131. The van der Waals surface area contributed by atoms with Crippen LogP contribution in [0.4, 0.5) is 61.3 Å². The number of benzene rings is 11. The second-order valence-electron chi connectivity index (χ2n) is 32.0. The fraction of sp³-hybridized carbons (Fsp3) is 0.220. The Kier molecular flexibility index (Phi) is 26.5. The first-order valence-corrected chi connectivity index (χ1v) is 40.5. The Hall–Kier alpha value is -14.8. The average Bonchev–Trinajstić information content (AvgIpc) is 1.67. The van der Waals surface area contributed by atoms with Crippen molar-refractivity contribution in [1.82, 2.24) is 4.57 Å². The molecule has 5 aliphatic heterocycles. The average molecular weight is 1610 g/mol. The van der Waals surface area contributed by atoms with E-state index in [9.17, 15) is 28.4 Å². The molecule has 5 aliphatic rings. The van der Waals surface area contributed by atoms with Gasteiger partial charge in [-0.2, -0.15) is 15.8 Å². The SMILES string of the molecule is C[C@@H]1CC(=O)Nc2cccc(-c3cc4ccc(C#N)cc4n3C)c2N1.C[C@@H]1CC(=O)Nc2cccc(-c3ccc(C(C)(C)C)cc3)c2N1.C[C@@H]1CC(=O)Nc2cccc(-c3ccc(OCc4ccccc4)cc3)c2N1.C[C@@H]1CC(=O)Nc2cccc(-c3cccc(CC#N)c3)c2N1.C[C@@H]1CC(=O)Nc2cccc(/C(F)=C/c3ccc(C#N)cc3)c2N1. The van der Waals surface area contributed by atoms with Crippen LogP contribution in [-0.2, 0) is 49.5 Å². The van der Waals surface area contributed by atoms with Crippen LogP contribution in [0.3, 0.4) is 0 Å². The molecule has 0 bridgehead atoms. The molecule has 5 atom stereocenters. The number of hydrogen-bond acceptors (Lipinski definition) is 14. The summed E-state index contributed by atoms with van der Waals surface area (Å²) in [6, 6.07) is 84.9. The maximum Gasteiger partial charge on any atom is 0.226 e. The third-order valence-electron chi connectivity index (χ3n) is 21.1. The molecule has 20 nitrogen and oxygen atoms in total. The quantitative estimate of drug-likeness (QED) is 0.0570. The lowest BCUT2D eigenvalue weighted by Crippen LogP contribution is -2.19. The van der Waals surface area contributed by atoms with Crippen molar-refractivity contribution in [2.45, 2.75) is 136 Å². The van der Waals surface area contributed by atoms with Gasteiger partial charge in [0.25, 0.3) is 0 Å². The molecule has 1 aromatic heterocycles. The first-order chi connectivity index (χ1) is 58.3. The lowest BCUT2D eigenvalue weighted by molar-refractivity contribution is -0.117. The van der Waals surface area contributed by atoms with Crippen LogP contribution in [0, 0.1) is 34.0 Å². The minimum absolute atomic E-state index is 0.0200. The van der Waals surface area contributed by atoms with Crippen LogP contribution in [-0.4, -0.2) is 64.3 Å². The number of rotatable bonds is 10. The highest BCUT2D eigenvalue weighted by Gasteiger charge is 2.28. The molecule has 5 amide bonds. The molecular formula is C100H97FN14O6. The Labute approximate surface area is 705 Å². The van der Waals surface area contributed by atoms with Gasteiger partial charge in [-0.25, -0.2) is 4.39 Å². The van der Waals surface area contributed by atoms with Crippen LogP contribution in [0.2, 0.25) is 0 Å². The summed E-state index contributed by atoms with van der Waals surface area (Å²) in [5, 5.41) is 59.6. The van der Waals surface area contributed by atoms with Gasteiger partial charge in [-0.15, -0.1) is 0 Å². The van der Waals surface area contributed by atoms with E-state index >= 15 is 0 Å². The third kappa shape index (κ3) is 21.2. The zero-order valence-electron chi connectivity index (χ0n) is 69.1. The van der Waals surface area contributed by atoms with E-state index in [0.717, 1.165) is 118 Å². The van der Waals surface area contributed by atoms with E-state index in [0.29, 0.717) is 78.8 Å². The molecule has 0 fully saturated rings. The number of para-hydroxylation sites is 5. The third-order valence-corrected chi connectivity index (χ3v) is 21.1. The highest BCUT2D eigenvalue weighted by molar-refractivity contribution is 6.05. The highest BCUT2D eigenvalue weighted by atomic mass is 19.1. The molecule has 6 heterocycles. The molecular weight excluding hydrogens is 1510 g/mol. The maximum absolute atomic E-state index is 14.8. The molecule has 0 radical (unpaired) electrons. The van der Waals surface area contributed by atoms with Gasteiger partial charge in [-0.3, -0.25) is 24.0 Å². The van der Waals surface area contributed by atoms with Crippen molar-refractivity contribution in [2.24, 2.45) is 7.05 Å². The van der Waals surface area contributed by atoms with Gasteiger partial charge in [-0.1, -0.05) is 185 Å². The first-order valence-electron chi connectivity index (χ1n) is 40.5. The Bertz CT molecular complexity index is 6010. The fourth-order valence-corrected chi connectivity index (χ4v) is 15.2. The molecule has 0 aliphatic carbocycles. The zero-order valence-corrected chi connectivity index (χ0v) is 69.1. The number of nitrogens with zero attached hydrogens (tertiary/aromatic N) is 4. The minimum atomic E-state index is -0.410. The number of nitrogens with one attached hydrogen (secondary N) is 10. The number of aromatic nitrogens is 1. The van der Waals surface area contributed by atoms with Crippen LogP contribution >= 0.6 is 0 Å². The lowest BCUT2D eigenvalue weighted by atomic mass is 9.86. The van der Waals surface area contributed by atoms with Crippen LogP contribution in [0.1, 0.15) is 126 Å². The van der Waals surface area contributed by atoms with Crippen molar-refractivity contribution in [3.05, 3.63) is 282 Å². The summed E-state index contributed by atoms with van der Waals surface area (Å²) >= 11 is 0. The number of carbonyl (C=O) groups is 5. The van der Waals surface area contributed by atoms with Crippen molar-refractivity contribution >= 4 is 109 Å². The summed E-state index contributed by atoms with van der Waals surface area (Å²) in [5.41, 5.74) is 23.7. The van der Waals surface area contributed by atoms with Gasteiger partial charge >= 0.3 is 0 Å². The van der Waals surface area contributed by atoms with Crippen LogP contribution < -0.4 is 57.9 Å². The summed E-state index contributed by atoms with van der Waals surface area (Å²) < 4.78 is 22.8. The normalized spacial score (nSPS) is 16.8.